The number of anilines is 1. The van der Waals surface area contributed by atoms with Crippen molar-refractivity contribution >= 4 is 39.1 Å². The number of hydrogen-bond acceptors (Lipinski definition) is 2. The molecule has 1 aliphatic carbocycles. The van der Waals surface area contributed by atoms with Gasteiger partial charge in [0.15, 0.2) is 0 Å². The lowest BCUT2D eigenvalue weighted by Gasteiger charge is -2.28. The van der Waals surface area contributed by atoms with Gasteiger partial charge in [-0.15, -0.1) is 0 Å². The zero-order chi connectivity index (χ0) is 15.0. The van der Waals surface area contributed by atoms with E-state index in [9.17, 15) is 4.79 Å². The van der Waals surface area contributed by atoms with Crippen LogP contribution in [0.4, 0.5) is 5.69 Å². The zero-order valence-electron chi connectivity index (χ0n) is 11.2. The van der Waals surface area contributed by atoms with E-state index in [0.29, 0.717) is 17.9 Å². The van der Waals surface area contributed by atoms with Crippen LogP contribution in [0.3, 0.4) is 0 Å². The molecule has 0 saturated carbocycles. The maximum Gasteiger partial charge on any atom is 0.243 e. The molecule has 0 fully saturated rings. The lowest BCUT2D eigenvalue weighted by Crippen LogP contribution is -2.51. The summed E-state index contributed by atoms with van der Waals surface area (Å²) in [5, 5.41) is 3.99. The molecule has 0 heterocycles. The Kier molecular flexibility index (Phi) is 3.68. The maximum absolute atomic E-state index is 12.1. The summed E-state index contributed by atoms with van der Waals surface area (Å²) in [7, 11) is 0. The molecule has 3 N–H and O–H groups in total. The molecule has 3 nitrogen and oxygen atoms in total. The fourth-order valence-corrected chi connectivity index (χ4v) is 3.40. The monoisotopic (exact) mass is 364 g/mol. The standard InChI is InChI=1S/C16H14BrClN2O/c17-12-2-1-3-14(7-12)20-16(15(19)21)8-10-4-5-13(18)6-11(10)9-16/h1-7,20H,8-9H2,(H2,19,21). The lowest BCUT2D eigenvalue weighted by atomic mass is 9.94. The van der Waals surface area contributed by atoms with E-state index in [1.807, 2.05) is 42.5 Å². The highest BCUT2D eigenvalue weighted by Crippen LogP contribution is 2.34. The Labute approximate surface area is 136 Å². The van der Waals surface area contributed by atoms with E-state index >= 15 is 0 Å². The molecule has 1 atom stereocenters. The largest absolute Gasteiger partial charge is 0.371 e. The minimum atomic E-state index is -0.798. The predicted octanol–water partition coefficient (Wildman–Crippen LogP) is 3.54. The van der Waals surface area contributed by atoms with E-state index in [-0.39, 0.29) is 5.91 Å². The molecule has 5 heteroatoms. The number of nitrogens with one attached hydrogen (secondary N) is 1. The van der Waals surface area contributed by atoms with Gasteiger partial charge in [-0.3, -0.25) is 4.79 Å². The van der Waals surface area contributed by atoms with E-state index in [2.05, 4.69) is 21.2 Å². The van der Waals surface area contributed by atoms with Crippen LogP contribution in [-0.4, -0.2) is 11.4 Å². The molecule has 2 aromatic carbocycles. The Hall–Kier alpha value is -1.52. The van der Waals surface area contributed by atoms with E-state index in [1.165, 1.54) is 0 Å². The molecule has 0 spiro atoms. The van der Waals surface area contributed by atoms with Gasteiger partial charge < -0.3 is 11.1 Å². The van der Waals surface area contributed by atoms with Gasteiger partial charge in [0.05, 0.1) is 0 Å². The third kappa shape index (κ3) is 2.78. The molecule has 1 amide bonds. The quantitative estimate of drug-likeness (QED) is 0.874. The fraction of sp³-hybridized carbons (Fsp3) is 0.188. The minimum absolute atomic E-state index is 0.352. The van der Waals surface area contributed by atoms with Crippen LogP contribution in [0.1, 0.15) is 11.1 Å². The molecule has 2 aromatic rings. The van der Waals surface area contributed by atoms with Gasteiger partial charge in [0.25, 0.3) is 0 Å². The second-order valence-electron chi connectivity index (χ2n) is 5.35. The van der Waals surface area contributed by atoms with Crippen molar-refractivity contribution in [2.45, 2.75) is 18.4 Å². The Morgan fingerprint density at radius 1 is 1.19 bits per heavy atom. The molecule has 3 rings (SSSR count). The van der Waals surface area contributed by atoms with Crippen LogP contribution in [0, 0.1) is 0 Å². The van der Waals surface area contributed by atoms with Gasteiger partial charge in [0.1, 0.15) is 5.54 Å². The van der Waals surface area contributed by atoms with Gasteiger partial charge in [-0.05, 0) is 41.5 Å². The van der Waals surface area contributed by atoms with Crippen molar-refractivity contribution in [1.29, 1.82) is 0 Å². The number of carbonyl (C=O) groups excluding carboxylic acids is 1. The number of fused-ring (bicyclic) bond motifs is 1. The second kappa shape index (κ2) is 5.35. The Bertz CT molecular complexity index is 719. The average Bonchev–Trinajstić information content (AvgIpc) is 2.77. The summed E-state index contributed by atoms with van der Waals surface area (Å²) < 4.78 is 0.950. The van der Waals surface area contributed by atoms with Crippen LogP contribution >= 0.6 is 27.5 Å². The molecule has 0 aliphatic heterocycles. The van der Waals surface area contributed by atoms with E-state index < -0.39 is 5.54 Å². The van der Waals surface area contributed by atoms with Crippen molar-refractivity contribution in [3.63, 3.8) is 0 Å². The van der Waals surface area contributed by atoms with Crippen LogP contribution in [0.25, 0.3) is 0 Å². The minimum Gasteiger partial charge on any atom is -0.371 e. The smallest absolute Gasteiger partial charge is 0.243 e. The van der Waals surface area contributed by atoms with Crippen molar-refractivity contribution in [1.82, 2.24) is 0 Å². The first-order chi connectivity index (χ1) is 9.98. The van der Waals surface area contributed by atoms with Crippen molar-refractivity contribution < 1.29 is 4.79 Å². The van der Waals surface area contributed by atoms with Crippen LogP contribution < -0.4 is 11.1 Å². The first-order valence-corrected chi connectivity index (χ1v) is 7.77. The topological polar surface area (TPSA) is 55.1 Å². The third-order valence-electron chi connectivity index (χ3n) is 3.83. The summed E-state index contributed by atoms with van der Waals surface area (Å²) >= 11 is 9.46. The highest BCUT2D eigenvalue weighted by molar-refractivity contribution is 9.10. The van der Waals surface area contributed by atoms with Crippen molar-refractivity contribution in [3.05, 3.63) is 63.1 Å². The fourth-order valence-electron chi connectivity index (χ4n) is 2.81. The van der Waals surface area contributed by atoms with Crippen LogP contribution in [0.15, 0.2) is 46.9 Å². The van der Waals surface area contributed by atoms with Crippen LogP contribution in [0.2, 0.25) is 5.02 Å². The third-order valence-corrected chi connectivity index (χ3v) is 4.56. The van der Waals surface area contributed by atoms with Crippen LogP contribution in [-0.2, 0) is 17.6 Å². The number of rotatable bonds is 3. The van der Waals surface area contributed by atoms with Crippen LogP contribution in [0.5, 0.6) is 0 Å². The molecule has 0 aromatic heterocycles. The highest BCUT2D eigenvalue weighted by Gasteiger charge is 2.42. The average molecular weight is 366 g/mol. The van der Waals surface area contributed by atoms with E-state index in [4.69, 9.17) is 17.3 Å². The number of carbonyl (C=O) groups is 1. The van der Waals surface area contributed by atoms with Crippen molar-refractivity contribution in [3.8, 4) is 0 Å². The molecule has 0 bridgehead atoms. The van der Waals surface area contributed by atoms with E-state index in [0.717, 1.165) is 21.3 Å². The molecule has 108 valence electrons. The van der Waals surface area contributed by atoms with Crippen molar-refractivity contribution in [2.75, 3.05) is 5.32 Å². The SMILES string of the molecule is NC(=O)C1(Nc2cccc(Br)c2)Cc2ccc(Cl)cc2C1. The molecular weight excluding hydrogens is 352 g/mol. The summed E-state index contributed by atoms with van der Waals surface area (Å²) in [6.45, 7) is 0. The first kappa shape index (κ1) is 14.4. The highest BCUT2D eigenvalue weighted by atomic mass is 79.9. The second-order valence-corrected chi connectivity index (χ2v) is 6.70. The summed E-state index contributed by atoms with van der Waals surface area (Å²) in [5.74, 6) is -0.352. The van der Waals surface area contributed by atoms with Crippen molar-refractivity contribution in [2.24, 2.45) is 5.73 Å². The number of primary amides is 1. The summed E-state index contributed by atoms with van der Waals surface area (Å²) in [5.41, 5.74) is 7.94. The molecule has 1 unspecified atom stereocenters. The zero-order valence-corrected chi connectivity index (χ0v) is 13.5. The number of nitrogens with two attached hydrogens (primary N) is 1. The predicted molar refractivity (Wildman–Crippen MR) is 88.6 cm³/mol. The summed E-state index contributed by atoms with van der Waals surface area (Å²) in [6, 6.07) is 13.4. The Morgan fingerprint density at radius 3 is 2.67 bits per heavy atom. The first-order valence-electron chi connectivity index (χ1n) is 6.59. The Morgan fingerprint density at radius 2 is 1.95 bits per heavy atom. The van der Waals surface area contributed by atoms with Gasteiger partial charge in [-0.2, -0.15) is 0 Å². The Balaban J connectivity index is 1.95. The lowest BCUT2D eigenvalue weighted by molar-refractivity contribution is -0.122. The maximum atomic E-state index is 12.1. The number of halogens is 2. The molecule has 0 saturated heterocycles. The molecule has 1 aliphatic rings. The molecular formula is C16H14BrClN2O. The molecule has 21 heavy (non-hydrogen) atoms. The number of amides is 1. The number of benzene rings is 2. The summed E-state index contributed by atoms with van der Waals surface area (Å²) in [4.78, 5) is 12.1. The van der Waals surface area contributed by atoms with Gasteiger partial charge in [0.2, 0.25) is 5.91 Å². The van der Waals surface area contributed by atoms with Gasteiger partial charge in [0, 0.05) is 28.0 Å². The van der Waals surface area contributed by atoms with Gasteiger partial charge in [-0.1, -0.05) is 39.7 Å². The normalized spacial score (nSPS) is 20.1. The van der Waals surface area contributed by atoms with Gasteiger partial charge in [-0.25, -0.2) is 0 Å². The number of hydrogen-bond donors (Lipinski definition) is 2. The van der Waals surface area contributed by atoms with Gasteiger partial charge >= 0.3 is 0 Å². The summed E-state index contributed by atoms with van der Waals surface area (Å²) in [6.07, 6.45) is 1.12. The molecule has 0 radical (unpaired) electrons. The van der Waals surface area contributed by atoms with E-state index in [1.54, 1.807) is 0 Å².